The van der Waals surface area contributed by atoms with Crippen LogP contribution in [0.2, 0.25) is 0 Å². The zero-order valence-electron chi connectivity index (χ0n) is 11.8. The van der Waals surface area contributed by atoms with Crippen molar-refractivity contribution in [2.75, 3.05) is 0 Å². The van der Waals surface area contributed by atoms with Crippen molar-refractivity contribution in [3.63, 3.8) is 0 Å². The topological polar surface area (TPSA) is 30.7 Å². The van der Waals surface area contributed by atoms with Crippen molar-refractivity contribution in [3.8, 4) is 0 Å². The Labute approximate surface area is 137 Å². The summed E-state index contributed by atoms with van der Waals surface area (Å²) in [5, 5.41) is -0.172. The molecule has 2 heterocycles. The molecule has 0 saturated heterocycles. The number of fused-ring (bicyclic) bond motifs is 1. The number of aromatic nitrogens is 3. The van der Waals surface area contributed by atoms with Gasteiger partial charge in [0.15, 0.2) is 5.65 Å². The summed E-state index contributed by atoms with van der Waals surface area (Å²) in [6, 6.07) is 12.2. The molecule has 108 valence electrons. The lowest BCUT2D eigenvalue weighted by molar-refractivity contribution is 0.614. The molecule has 0 aliphatic rings. The van der Waals surface area contributed by atoms with Crippen LogP contribution in [-0.2, 0) is 0 Å². The summed E-state index contributed by atoms with van der Waals surface area (Å²) < 4.78 is 3.18. The van der Waals surface area contributed by atoms with Gasteiger partial charge in [-0.2, -0.15) is 0 Å². The van der Waals surface area contributed by atoms with Crippen LogP contribution in [0.3, 0.4) is 0 Å². The fourth-order valence-electron chi connectivity index (χ4n) is 2.53. The van der Waals surface area contributed by atoms with Gasteiger partial charge in [0.2, 0.25) is 0 Å². The smallest absolute Gasteiger partial charge is 0.160 e. The Morgan fingerprint density at radius 3 is 2.71 bits per heavy atom. The summed E-state index contributed by atoms with van der Waals surface area (Å²) in [6.07, 6.45) is 1.79. The van der Waals surface area contributed by atoms with E-state index in [1.54, 1.807) is 6.20 Å². The molecule has 5 heteroatoms. The van der Waals surface area contributed by atoms with Gasteiger partial charge in [0.25, 0.3) is 0 Å². The summed E-state index contributed by atoms with van der Waals surface area (Å²) in [7, 11) is 0. The molecule has 0 aliphatic heterocycles. The molecule has 1 aromatic carbocycles. The highest BCUT2D eigenvalue weighted by molar-refractivity contribution is 9.10. The van der Waals surface area contributed by atoms with Gasteiger partial charge in [-0.15, -0.1) is 11.6 Å². The number of hydrogen-bond donors (Lipinski definition) is 0. The number of pyridine rings is 1. The summed E-state index contributed by atoms with van der Waals surface area (Å²) in [4.78, 5) is 9.12. The first kappa shape index (κ1) is 14.5. The quantitative estimate of drug-likeness (QED) is 0.605. The van der Waals surface area contributed by atoms with Gasteiger partial charge < -0.3 is 4.57 Å². The van der Waals surface area contributed by atoms with Crippen LogP contribution < -0.4 is 0 Å². The fraction of sp³-hybridized carbons (Fsp3) is 0.250. The van der Waals surface area contributed by atoms with Crippen LogP contribution in [0.5, 0.6) is 0 Å². The standard InChI is InChI=1S/C16H15BrClN3/c1-10(18)15-20-14-7-4-8-19-16(14)21(15)11(2)12-5-3-6-13(17)9-12/h3-11H,1-2H3. The second-order valence-electron chi connectivity index (χ2n) is 5.03. The second-order valence-corrected chi connectivity index (χ2v) is 6.60. The molecule has 0 spiro atoms. The average Bonchev–Trinajstić information content (AvgIpc) is 2.86. The normalized spacial score (nSPS) is 14.3. The van der Waals surface area contributed by atoms with Crippen molar-refractivity contribution in [1.82, 2.24) is 14.5 Å². The molecule has 3 aromatic rings. The summed E-state index contributed by atoms with van der Waals surface area (Å²) >= 11 is 9.85. The molecule has 0 bridgehead atoms. The molecule has 0 amide bonds. The van der Waals surface area contributed by atoms with Crippen LogP contribution in [0.1, 0.15) is 36.7 Å². The van der Waals surface area contributed by atoms with Crippen LogP contribution in [0.4, 0.5) is 0 Å². The van der Waals surface area contributed by atoms with E-state index in [4.69, 9.17) is 11.6 Å². The van der Waals surface area contributed by atoms with E-state index in [0.29, 0.717) is 0 Å². The number of hydrogen-bond acceptors (Lipinski definition) is 2. The van der Waals surface area contributed by atoms with E-state index >= 15 is 0 Å². The van der Waals surface area contributed by atoms with Gasteiger partial charge >= 0.3 is 0 Å². The first-order chi connectivity index (χ1) is 10.1. The van der Waals surface area contributed by atoms with Crippen LogP contribution in [0.15, 0.2) is 47.1 Å². The largest absolute Gasteiger partial charge is 0.304 e. The number of halogens is 2. The second kappa shape index (κ2) is 5.78. The van der Waals surface area contributed by atoms with E-state index in [2.05, 4.69) is 49.5 Å². The summed E-state index contributed by atoms with van der Waals surface area (Å²) in [6.45, 7) is 4.08. The number of imidazole rings is 1. The number of benzene rings is 1. The molecule has 2 atom stereocenters. The van der Waals surface area contributed by atoms with Crippen LogP contribution >= 0.6 is 27.5 Å². The maximum absolute atomic E-state index is 6.32. The Morgan fingerprint density at radius 2 is 2.00 bits per heavy atom. The minimum atomic E-state index is -0.172. The first-order valence-corrected chi connectivity index (χ1v) is 8.03. The van der Waals surface area contributed by atoms with Gasteiger partial charge in [0.1, 0.15) is 11.3 Å². The molecule has 0 N–H and O–H groups in total. The third-order valence-electron chi connectivity index (χ3n) is 3.55. The Balaban J connectivity index is 2.20. The zero-order valence-corrected chi connectivity index (χ0v) is 14.1. The first-order valence-electron chi connectivity index (χ1n) is 6.80. The van der Waals surface area contributed by atoms with E-state index in [9.17, 15) is 0 Å². The van der Waals surface area contributed by atoms with E-state index in [0.717, 1.165) is 21.5 Å². The summed E-state index contributed by atoms with van der Waals surface area (Å²) in [5.74, 6) is 0.845. The number of alkyl halides is 1. The molecule has 2 unspecified atom stereocenters. The van der Waals surface area contributed by atoms with Crippen LogP contribution in [-0.4, -0.2) is 14.5 Å². The lowest BCUT2D eigenvalue weighted by atomic mass is 10.1. The molecule has 3 rings (SSSR count). The lowest BCUT2D eigenvalue weighted by Gasteiger charge is -2.18. The molecule has 0 aliphatic carbocycles. The number of nitrogens with zero attached hydrogens (tertiary/aromatic N) is 3. The Morgan fingerprint density at radius 1 is 1.19 bits per heavy atom. The third-order valence-corrected chi connectivity index (χ3v) is 4.24. The molecule has 0 fully saturated rings. The monoisotopic (exact) mass is 363 g/mol. The zero-order chi connectivity index (χ0) is 15.0. The van der Waals surface area contributed by atoms with Gasteiger partial charge in [0.05, 0.1) is 11.4 Å². The predicted molar refractivity (Wildman–Crippen MR) is 89.8 cm³/mol. The van der Waals surface area contributed by atoms with Crippen molar-refractivity contribution in [3.05, 3.63) is 58.5 Å². The highest BCUT2D eigenvalue weighted by atomic mass is 79.9. The molecular formula is C16H15BrClN3. The molecule has 0 radical (unpaired) electrons. The lowest BCUT2D eigenvalue weighted by Crippen LogP contribution is -2.11. The van der Waals surface area contributed by atoms with Crippen molar-refractivity contribution >= 4 is 38.7 Å². The van der Waals surface area contributed by atoms with Crippen molar-refractivity contribution in [1.29, 1.82) is 0 Å². The van der Waals surface area contributed by atoms with Crippen LogP contribution in [0, 0.1) is 0 Å². The van der Waals surface area contributed by atoms with Crippen LogP contribution in [0.25, 0.3) is 11.2 Å². The maximum Gasteiger partial charge on any atom is 0.160 e. The van der Waals surface area contributed by atoms with Gasteiger partial charge in [0, 0.05) is 10.7 Å². The Kier molecular flexibility index (Phi) is 4.00. The van der Waals surface area contributed by atoms with Crippen molar-refractivity contribution in [2.24, 2.45) is 0 Å². The molecule has 21 heavy (non-hydrogen) atoms. The Hall–Kier alpha value is -1.39. The SMILES string of the molecule is CC(Cl)c1nc2cccnc2n1C(C)c1cccc(Br)c1. The maximum atomic E-state index is 6.32. The minimum absolute atomic E-state index is 0.110. The summed E-state index contributed by atoms with van der Waals surface area (Å²) in [5.41, 5.74) is 2.93. The number of rotatable bonds is 3. The van der Waals surface area contributed by atoms with Gasteiger partial charge in [-0.05, 0) is 43.7 Å². The van der Waals surface area contributed by atoms with Crippen molar-refractivity contribution in [2.45, 2.75) is 25.3 Å². The minimum Gasteiger partial charge on any atom is -0.304 e. The Bertz CT molecular complexity index is 782. The van der Waals surface area contributed by atoms with E-state index in [1.165, 1.54) is 5.56 Å². The third kappa shape index (κ3) is 2.70. The van der Waals surface area contributed by atoms with Gasteiger partial charge in [-0.3, -0.25) is 0 Å². The van der Waals surface area contributed by atoms with E-state index in [1.807, 2.05) is 31.2 Å². The molecule has 3 nitrogen and oxygen atoms in total. The molecular weight excluding hydrogens is 350 g/mol. The predicted octanol–water partition coefficient (Wildman–Crippen LogP) is 5.10. The van der Waals surface area contributed by atoms with Gasteiger partial charge in [-0.25, -0.2) is 9.97 Å². The fourth-order valence-corrected chi connectivity index (χ4v) is 3.10. The molecule has 0 saturated carbocycles. The van der Waals surface area contributed by atoms with Gasteiger partial charge in [-0.1, -0.05) is 28.1 Å². The van der Waals surface area contributed by atoms with E-state index < -0.39 is 0 Å². The average molecular weight is 365 g/mol. The molecule has 2 aromatic heterocycles. The van der Waals surface area contributed by atoms with Crippen molar-refractivity contribution < 1.29 is 0 Å². The van der Waals surface area contributed by atoms with E-state index in [-0.39, 0.29) is 11.4 Å². The highest BCUT2D eigenvalue weighted by Crippen LogP contribution is 2.30. The highest BCUT2D eigenvalue weighted by Gasteiger charge is 2.20.